The number of aromatic nitrogens is 2. The van der Waals surface area contributed by atoms with Crippen molar-refractivity contribution in [2.24, 2.45) is 0 Å². The first kappa shape index (κ1) is 11.2. The quantitative estimate of drug-likeness (QED) is 0.870. The first-order valence-electron chi connectivity index (χ1n) is 5.02. The molecule has 0 unspecified atom stereocenters. The molecule has 88 valence electrons. The lowest BCUT2D eigenvalue weighted by molar-refractivity contribution is 0.355. The van der Waals surface area contributed by atoms with Crippen molar-refractivity contribution >= 4 is 0 Å². The first-order valence-corrected chi connectivity index (χ1v) is 5.02. The summed E-state index contributed by atoms with van der Waals surface area (Å²) in [4.78, 5) is 17.9. The molecule has 0 aliphatic heterocycles. The number of hydrogen-bond donors (Lipinski definition) is 1. The number of rotatable bonds is 3. The molecule has 1 heterocycles. The third-order valence-electron chi connectivity index (χ3n) is 2.33. The number of nitrogens with zero attached hydrogens (tertiary/aromatic N) is 1. The molecule has 0 spiro atoms. The zero-order chi connectivity index (χ0) is 12.3. The molecule has 0 fully saturated rings. The van der Waals surface area contributed by atoms with E-state index in [0.29, 0.717) is 17.3 Å². The molecular formula is C12H12N2O3. The predicted molar refractivity (Wildman–Crippen MR) is 63.4 cm³/mol. The number of methoxy groups -OCH3 is 2. The molecule has 5 nitrogen and oxygen atoms in total. The Morgan fingerprint density at radius 3 is 2.53 bits per heavy atom. The van der Waals surface area contributed by atoms with E-state index >= 15 is 0 Å². The van der Waals surface area contributed by atoms with Crippen LogP contribution in [-0.2, 0) is 0 Å². The highest BCUT2D eigenvalue weighted by Gasteiger charge is 2.07. The number of ether oxygens (including phenoxy) is 2. The minimum atomic E-state index is -0.190. The molecule has 0 atom stereocenters. The number of benzene rings is 1. The van der Waals surface area contributed by atoms with Gasteiger partial charge in [0.1, 0.15) is 5.82 Å². The molecule has 17 heavy (non-hydrogen) atoms. The van der Waals surface area contributed by atoms with Crippen molar-refractivity contribution in [2.45, 2.75) is 0 Å². The van der Waals surface area contributed by atoms with E-state index in [-0.39, 0.29) is 5.56 Å². The van der Waals surface area contributed by atoms with E-state index in [1.54, 1.807) is 32.4 Å². The van der Waals surface area contributed by atoms with Gasteiger partial charge in [-0.15, -0.1) is 0 Å². The van der Waals surface area contributed by atoms with Gasteiger partial charge in [0, 0.05) is 17.8 Å². The van der Waals surface area contributed by atoms with Crippen LogP contribution in [0.3, 0.4) is 0 Å². The summed E-state index contributed by atoms with van der Waals surface area (Å²) >= 11 is 0. The molecule has 0 aliphatic rings. The second kappa shape index (κ2) is 4.69. The van der Waals surface area contributed by atoms with Crippen molar-refractivity contribution in [3.8, 4) is 22.9 Å². The van der Waals surface area contributed by atoms with Crippen LogP contribution in [0.5, 0.6) is 11.5 Å². The smallest absolute Gasteiger partial charge is 0.251 e. The SMILES string of the molecule is COc1ccc(-c2nccc(=O)[nH]2)cc1OC. The second-order valence-electron chi connectivity index (χ2n) is 3.35. The maximum atomic E-state index is 11.2. The molecule has 0 amide bonds. The van der Waals surface area contributed by atoms with Crippen LogP contribution >= 0.6 is 0 Å². The van der Waals surface area contributed by atoms with Gasteiger partial charge in [0.05, 0.1) is 14.2 Å². The van der Waals surface area contributed by atoms with Gasteiger partial charge in [-0.2, -0.15) is 0 Å². The van der Waals surface area contributed by atoms with Crippen molar-refractivity contribution in [1.29, 1.82) is 0 Å². The van der Waals surface area contributed by atoms with Crippen LogP contribution in [0.25, 0.3) is 11.4 Å². The number of aromatic amines is 1. The Hall–Kier alpha value is -2.30. The number of nitrogens with one attached hydrogen (secondary N) is 1. The predicted octanol–water partition coefficient (Wildman–Crippen LogP) is 1.45. The molecule has 2 rings (SSSR count). The third-order valence-corrected chi connectivity index (χ3v) is 2.33. The Bertz CT molecular complexity index is 578. The van der Waals surface area contributed by atoms with E-state index in [1.807, 2.05) is 0 Å². The van der Waals surface area contributed by atoms with E-state index in [2.05, 4.69) is 9.97 Å². The lowest BCUT2D eigenvalue weighted by Gasteiger charge is -2.08. The monoisotopic (exact) mass is 232 g/mol. The van der Waals surface area contributed by atoms with Gasteiger partial charge < -0.3 is 14.5 Å². The Morgan fingerprint density at radius 1 is 1.12 bits per heavy atom. The highest BCUT2D eigenvalue weighted by Crippen LogP contribution is 2.30. The van der Waals surface area contributed by atoms with Gasteiger partial charge in [-0.3, -0.25) is 4.79 Å². The average Bonchev–Trinajstić information content (AvgIpc) is 2.38. The van der Waals surface area contributed by atoms with Crippen molar-refractivity contribution in [3.05, 3.63) is 40.8 Å². The highest BCUT2D eigenvalue weighted by atomic mass is 16.5. The topological polar surface area (TPSA) is 64.2 Å². The summed E-state index contributed by atoms with van der Waals surface area (Å²) in [6.45, 7) is 0. The molecule has 5 heteroatoms. The molecule has 0 aliphatic carbocycles. The molecule has 0 bridgehead atoms. The average molecular weight is 232 g/mol. The van der Waals surface area contributed by atoms with E-state index < -0.39 is 0 Å². The third kappa shape index (κ3) is 2.28. The Morgan fingerprint density at radius 2 is 1.88 bits per heavy atom. The van der Waals surface area contributed by atoms with Crippen molar-refractivity contribution in [3.63, 3.8) is 0 Å². The zero-order valence-corrected chi connectivity index (χ0v) is 9.56. The van der Waals surface area contributed by atoms with Crippen LogP contribution in [0.4, 0.5) is 0 Å². The van der Waals surface area contributed by atoms with E-state index in [4.69, 9.17) is 9.47 Å². The van der Waals surface area contributed by atoms with Gasteiger partial charge in [-0.05, 0) is 18.2 Å². The largest absolute Gasteiger partial charge is 0.493 e. The lowest BCUT2D eigenvalue weighted by atomic mass is 10.2. The fourth-order valence-corrected chi connectivity index (χ4v) is 1.50. The molecule has 1 aromatic heterocycles. The summed E-state index contributed by atoms with van der Waals surface area (Å²) in [5.41, 5.74) is 0.574. The van der Waals surface area contributed by atoms with Crippen molar-refractivity contribution in [1.82, 2.24) is 9.97 Å². The molecular weight excluding hydrogens is 220 g/mol. The lowest BCUT2D eigenvalue weighted by Crippen LogP contribution is -2.05. The van der Waals surface area contributed by atoms with Crippen LogP contribution in [-0.4, -0.2) is 24.2 Å². The minimum Gasteiger partial charge on any atom is -0.493 e. The highest BCUT2D eigenvalue weighted by molar-refractivity contribution is 5.60. The zero-order valence-electron chi connectivity index (χ0n) is 9.56. The Balaban J connectivity index is 2.50. The number of hydrogen-bond acceptors (Lipinski definition) is 4. The molecule has 1 aromatic carbocycles. The van der Waals surface area contributed by atoms with Gasteiger partial charge in [0.15, 0.2) is 11.5 Å². The van der Waals surface area contributed by atoms with Crippen LogP contribution in [0.1, 0.15) is 0 Å². The van der Waals surface area contributed by atoms with Gasteiger partial charge in [0.25, 0.3) is 5.56 Å². The Kier molecular flexibility index (Phi) is 3.09. The summed E-state index contributed by atoms with van der Waals surface area (Å²) in [5, 5.41) is 0. The van der Waals surface area contributed by atoms with Crippen LogP contribution in [0.2, 0.25) is 0 Å². The standard InChI is InChI=1S/C12H12N2O3/c1-16-9-4-3-8(7-10(9)17-2)12-13-6-5-11(15)14-12/h3-7H,1-2H3,(H,13,14,15). The van der Waals surface area contributed by atoms with Crippen LogP contribution in [0.15, 0.2) is 35.3 Å². The molecule has 2 aromatic rings. The molecule has 0 saturated carbocycles. The minimum absolute atomic E-state index is 0.190. The number of H-pyrrole nitrogens is 1. The molecule has 1 N–H and O–H groups in total. The fourth-order valence-electron chi connectivity index (χ4n) is 1.50. The summed E-state index contributed by atoms with van der Waals surface area (Å²) in [7, 11) is 3.13. The summed E-state index contributed by atoms with van der Waals surface area (Å²) in [5.74, 6) is 1.73. The summed E-state index contributed by atoms with van der Waals surface area (Å²) in [6.07, 6.45) is 1.46. The van der Waals surface area contributed by atoms with E-state index in [1.165, 1.54) is 12.3 Å². The Labute approximate surface area is 98.0 Å². The first-order chi connectivity index (χ1) is 8.24. The maximum Gasteiger partial charge on any atom is 0.251 e. The molecule has 0 radical (unpaired) electrons. The normalized spacial score (nSPS) is 10.0. The van der Waals surface area contributed by atoms with Crippen LogP contribution in [0, 0.1) is 0 Å². The van der Waals surface area contributed by atoms with Gasteiger partial charge in [-0.25, -0.2) is 4.98 Å². The summed E-state index contributed by atoms with van der Waals surface area (Å²) < 4.78 is 10.3. The van der Waals surface area contributed by atoms with Gasteiger partial charge >= 0.3 is 0 Å². The van der Waals surface area contributed by atoms with Crippen LogP contribution < -0.4 is 15.0 Å². The maximum absolute atomic E-state index is 11.2. The van der Waals surface area contributed by atoms with Crippen molar-refractivity contribution in [2.75, 3.05) is 14.2 Å². The summed E-state index contributed by atoms with van der Waals surface area (Å²) in [6, 6.07) is 6.70. The van der Waals surface area contributed by atoms with E-state index in [9.17, 15) is 4.79 Å². The van der Waals surface area contributed by atoms with Gasteiger partial charge in [0.2, 0.25) is 0 Å². The molecule has 0 saturated heterocycles. The van der Waals surface area contributed by atoms with E-state index in [0.717, 1.165) is 5.56 Å². The fraction of sp³-hybridized carbons (Fsp3) is 0.167. The van der Waals surface area contributed by atoms with Gasteiger partial charge in [-0.1, -0.05) is 0 Å². The second-order valence-corrected chi connectivity index (χ2v) is 3.35. The van der Waals surface area contributed by atoms with Crippen molar-refractivity contribution < 1.29 is 9.47 Å².